The number of nitrogens with zero attached hydrogens (tertiary/aromatic N) is 4. The van der Waals surface area contributed by atoms with E-state index in [0.29, 0.717) is 6.54 Å². The maximum Gasteiger partial charge on any atom is 0.258 e. The van der Waals surface area contributed by atoms with Gasteiger partial charge < -0.3 is 19.5 Å². The van der Waals surface area contributed by atoms with Crippen LogP contribution in [-0.4, -0.2) is 39.4 Å². The lowest BCUT2D eigenvalue weighted by Gasteiger charge is -2.46. The Hall–Kier alpha value is -3.03. The Morgan fingerprint density at radius 3 is 2.67 bits per heavy atom. The van der Waals surface area contributed by atoms with Gasteiger partial charge in [0.15, 0.2) is 0 Å². The van der Waals surface area contributed by atoms with Gasteiger partial charge >= 0.3 is 0 Å². The number of ether oxygens (including phenoxy) is 1. The molecule has 36 heavy (non-hydrogen) atoms. The number of nitrogens with one attached hydrogen (secondary N) is 1. The summed E-state index contributed by atoms with van der Waals surface area (Å²) in [7, 11) is 3.75. The minimum atomic E-state index is -0.260. The molecule has 7 heteroatoms. The Balaban J connectivity index is 1.29. The summed E-state index contributed by atoms with van der Waals surface area (Å²) in [4.78, 5) is 15.6. The van der Waals surface area contributed by atoms with E-state index < -0.39 is 0 Å². The fourth-order valence-electron chi connectivity index (χ4n) is 6.30. The molecule has 2 aliphatic carbocycles. The van der Waals surface area contributed by atoms with Gasteiger partial charge in [0.25, 0.3) is 5.91 Å². The fraction of sp³-hybridized carbons (Fsp3) is 0.483. The molecule has 1 N–H and O–H groups in total. The van der Waals surface area contributed by atoms with Gasteiger partial charge in [-0.3, -0.25) is 4.79 Å². The molecule has 2 heterocycles. The van der Waals surface area contributed by atoms with E-state index in [1.54, 1.807) is 13.4 Å². The number of amides is 1. The number of hydrogen-bond donors (Lipinski definition) is 1. The molecule has 2 saturated carbocycles. The Morgan fingerprint density at radius 2 is 2.00 bits per heavy atom. The first-order valence-electron chi connectivity index (χ1n) is 13.0. The van der Waals surface area contributed by atoms with Crippen LogP contribution in [0.2, 0.25) is 0 Å². The van der Waals surface area contributed by atoms with Crippen molar-refractivity contribution in [2.45, 2.75) is 76.1 Å². The van der Waals surface area contributed by atoms with Crippen LogP contribution in [0.3, 0.4) is 0 Å². The van der Waals surface area contributed by atoms with E-state index in [2.05, 4.69) is 59.7 Å². The highest BCUT2D eigenvalue weighted by Gasteiger charge is 2.50. The first-order valence-corrected chi connectivity index (χ1v) is 13.0. The van der Waals surface area contributed by atoms with E-state index in [1.165, 1.54) is 30.4 Å². The van der Waals surface area contributed by atoms with Crippen LogP contribution >= 0.6 is 0 Å². The lowest BCUT2D eigenvalue weighted by molar-refractivity contribution is -0.00695. The average Bonchev–Trinajstić information content (AvgIpc) is 3.40. The Labute approximate surface area is 212 Å². The number of rotatable bonds is 7. The maximum absolute atomic E-state index is 13.7. The summed E-state index contributed by atoms with van der Waals surface area (Å²) in [6.07, 6.45) is 7.39. The highest BCUT2D eigenvalue weighted by molar-refractivity contribution is 6.10. The zero-order chi connectivity index (χ0) is 25.1. The van der Waals surface area contributed by atoms with E-state index in [4.69, 9.17) is 4.74 Å². The molecule has 1 aromatic heterocycles. The molecule has 188 valence electrons. The molecule has 3 aromatic rings. The molecule has 2 fully saturated rings. The lowest BCUT2D eigenvalue weighted by atomic mass is 9.62. The average molecular weight is 486 g/mol. The van der Waals surface area contributed by atoms with Crippen molar-refractivity contribution in [1.29, 1.82) is 0 Å². The van der Waals surface area contributed by atoms with Gasteiger partial charge in [-0.1, -0.05) is 18.2 Å². The van der Waals surface area contributed by atoms with Gasteiger partial charge in [0.2, 0.25) is 0 Å². The van der Waals surface area contributed by atoms with Gasteiger partial charge in [-0.15, -0.1) is 10.2 Å². The molecular formula is C29H35N5O2. The summed E-state index contributed by atoms with van der Waals surface area (Å²) in [6, 6.07) is 12.7. The largest absolute Gasteiger partial charge is 0.381 e. The van der Waals surface area contributed by atoms with E-state index >= 15 is 0 Å². The minimum Gasteiger partial charge on any atom is -0.381 e. The molecule has 2 aromatic carbocycles. The van der Waals surface area contributed by atoms with Crippen LogP contribution in [0.5, 0.6) is 0 Å². The zero-order valence-electron chi connectivity index (χ0n) is 21.7. The third kappa shape index (κ3) is 3.68. The molecule has 0 radical (unpaired) electrons. The zero-order valence-corrected chi connectivity index (χ0v) is 21.7. The number of methoxy groups -OCH3 is 1. The number of anilines is 1. The summed E-state index contributed by atoms with van der Waals surface area (Å²) >= 11 is 0. The molecule has 1 amide bonds. The number of aryl methyl sites for hydroxylation is 2. The molecule has 3 aliphatic rings. The molecule has 0 saturated heterocycles. The van der Waals surface area contributed by atoms with Crippen molar-refractivity contribution in [2.24, 2.45) is 7.05 Å². The molecule has 1 aliphatic heterocycles. The Kier molecular flexibility index (Phi) is 5.54. The summed E-state index contributed by atoms with van der Waals surface area (Å²) in [6.45, 7) is 5.82. The summed E-state index contributed by atoms with van der Waals surface area (Å²) in [5.41, 5.74) is 6.41. The van der Waals surface area contributed by atoms with Crippen LogP contribution in [0.1, 0.15) is 77.5 Å². The van der Waals surface area contributed by atoms with Crippen molar-refractivity contribution in [2.75, 3.05) is 12.0 Å². The number of benzene rings is 2. The monoisotopic (exact) mass is 485 g/mol. The van der Waals surface area contributed by atoms with E-state index in [0.717, 1.165) is 47.6 Å². The fourth-order valence-corrected chi connectivity index (χ4v) is 6.30. The molecule has 0 bridgehead atoms. The molecule has 0 unspecified atom stereocenters. The van der Waals surface area contributed by atoms with Crippen LogP contribution in [0.4, 0.5) is 5.69 Å². The van der Waals surface area contributed by atoms with E-state index in [9.17, 15) is 4.79 Å². The van der Waals surface area contributed by atoms with Gasteiger partial charge in [0.1, 0.15) is 12.2 Å². The topological polar surface area (TPSA) is 72.3 Å². The van der Waals surface area contributed by atoms with Gasteiger partial charge in [0, 0.05) is 37.5 Å². The quantitative estimate of drug-likeness (QED) is 0.537. The number of hydrogen-bond acceptors (Lipinski definition) is 5. The van der Waals surface area contributed by atoms with Crippen LogP contribution in [0.25, 0.3) is 0 Å². The van der Waals surface area contributed by atoms with Gasteiger partial charge in [-0.25, -0.2) is 0 Å². The Bertz CT molecular complexity index is 1320. The van der Waals surface area contributed by atoms with Crippen molar-refractivity contribution in [1.82, 2.24) is 20.1 Å². The van der Waals surface area contributed by atoms with Crippen LogP contribution in [-0.2, 0) is 30.3 Å². The van der Waals surface area contributed by atoms with Crippen molar-refractivity contribution >= 4 is 11.6 Å². The smallest absolute Gasteiger partial charge is 0.258 e. The SMILES string of the molecule is COC1CC(c2cccc(N3Cc4c(C)cc(CNC5(C)CCC5)cc4C3=O)c2)(c2nncn2C)C1. The van der Waals surface area contributed by atoms with Crippen LogP contribution in [0, 0.1) is 6.92 Å². The standard InChI is InChI=1S/C29H35N5O2/c1-19-11-20(16-30-28(2)9-6-10-28)12-24-25(19)17-34(26(24)35)22-8-5-7-21(13-22)29(14-23(15-29)36-4)27-32-31-18-33(27)3/h5,7-8,11-13,18,23,30H,6,9-10,14-17H2,1-4H3. The number of carbonyl (C=O) groups is 1. The van der Waals surface area contributed by atoms with Crippen molar-refractivity contribution in [3.8, 4) is 0 Å². The van der Waals surface area contributed by atoms with Crippen molar-refractivity contribution < 1.29 is 9.53 Å². The molecular weight excluding hydrogens is 450 g/mol. The maximum atomic E-state index is 13.7. The predicted molar refractivity (Wildman–Crippen MR) is 139 cm³/mol. The number of carbonyl (C=O) groups excluding carboxylic acids is 1. The first-order chi connectivity index (χ1) is 17.3. The van der Waals surface area contributed by atoms with Gasteiger partial charge in [-0.05, 0) is 86.4 Å². The van der Waals surface area contributed by atoms with E-state index in [1.807, 2.05) is 22.6 Å². The van der Waals surface area contributed by atoms with Gasteiger partial charge in [-0.2, -0.15) is 0 Å². The number of fused-ring (bicyclic) bond motifs is 1. The first kappa shape index (κ1) is 23.4. The molecule has 7 nitrogen and oxygen atoms in total. The minimum absolute atomic E-state index is 0.0815. The third-order valence-corrected chi connectivity index (χ3v) is 8.84. The van der Waals surface area contributed by atoms with Crippen LogP contribution in [0.15, 0.2) is 42.7 Å². The van der Waals surface area contributed by atoms with E-state index in [-0.39, 0.29) is 23.0 Å². The molecule has 0 spiro atoms. The molecule has 0 atom stereocenters. The second-order valence-corrected chi connectivity index (χ2v) is 11.3. The summed E-state index contributed by atoms with van der Waals surface area (Å²) in [5.74, 6) is 1.02. The lowest BCUT2D eigenvalue weighted by Crippen LogP contribution is -2.48. The number of aromatic nitrogens is 3. The third-order valence-electron chi connectivity index (χ3n) is 8.84. The van der Waals surface area contributed by atoms with Crippen molar-refractivity contribution in [3.63, 3.8) is 0 Å². The predicted octanol–water partition coefficient (Wildman–Crippen LogP) is 4.41. The highest BCUT2D eigenvalue weighted by atomic mass is 16.5. The van der Waals surface area contributed by atoms with Gasteiger partial charge in [0.05, 0.1) is 18.1 Å². The molecule has 6 rings (SSSR count). The second-order valence-electron chi connectivity index (χ2n) is 11.3. The summed E-state index contributed by atoms with van der Waals surface area (Å²) in [5, 5.41) is 12.3. The normalized spacial score (nSPS) is 24.4. The second kappa shape index (κ2) is 8.53. The summed E-state index contributed by atoms with van der Waals surface area (Å²) < 4.78 is 7.64. The van der Waals surface area contributed by atoms with Crippen LogP contribution < -0.4 is 10.2 Å². The highest BCUT2D eigenvalue weighted by Crippen LogP contribution is 2.50. The Morgan fingerprint density at radius 1 is 1.19 bits per heavy atom. The van der Waals surface area contributed by atoms with Crippen molar-refractivity contribution in [3.05, 3.63) is 76.4 Å².